The average Bonchev–Trinajstić information content (AvgIpc) is 2.28. The molecule has 0 heterocycles. The van der Waals surface area contributed by atoms with E-state index >= 15 is 0 Å². The first-order valence-electron chi connectivity index (χ1n) is 5.84. The normalized spacial score (nSPS) is 12.8. The van der Waals surface area contributed by atoms with Gasteiger partial charge in [-0.3, -0.25) is 4.79 Å². The Labute approximate surface area is 97.3 Å². The smallest absolute Gasteiger partial charge is 0.165 e. The fraction of sp³-hybridized carbons (Fsp3) is 0.500. The molecule has 0 saturated carbocycles. The molecule has 0 amide bonds. The quantitative estimate of drug-likeness (QED) is 0.828. The summed E-state index contributed by atoms with van der Waals surface area (Å²) in [6.07, 6.45) is 0.000744. The molecule has 0 fully saturated rings. The van der Waals surface area contributed by atoms with E-state index in [2.05, 4.69) is 13.8 Å². The van der Waals surface area contributed by atoms with Gasteiger partial charge in [-0.2, -0.15) is 0 Å². The van der Waals surface area contributed by atoms with E-state index in [1.165, 1.54) is 5.56 Å². The van der Waals surface area contributed by atoms with Gasteiger partial charge in [-0.15, -0.1) is 0 Å². The number of carbonyl (C=O) groups excluding carboxylic acids is 1. The van der Waals surface area contributed by atoms with Crippen LogP contribution in [0.1, 0.15) is 44.2 Å². The predicted molar refractivity (Wildman–Crippen MR) is 65.5 cm³/mol. The maximum absolute atomic E-state index is 11.5. The Hall–Kier alpha value is -1.15. The number of hydrogen-bond acceptors (Lipinski definition) is 2. The minimum Gasteiger partial charge on any atom is -0.385 e. The topological polar surface area (TPSA) is 37.3 Å². The van der Waals surface area contributed by atoms with Gasteiger partial charge in [-0.25, -0.2) is 0 Å². The summed E-state index contributed by atoms with van der Waals surface area (Å²) in [7, 11) is 0. The largest absolute Gasteiger partial charge is 0.385 e. The Morgan fingerprint density at radius 3 is 2.25 bits per heavy atom. The van der Waals surface area contributed by atoms with Crippen molar-refractivity contribution in [1.82, 2.24) is 0 Å². The van der Waals surface area contributed by atoms with Crippen molar-refractivity contribution in [1.29, 1.82) is 0 Å². The maximum Gasteiger partial charge on any atom is 0.165 e. The van der Waals surface area contributed by atoms with Gasteiger partial charge in [0, 0.05) is 6.42 Å². The van der Waals surface area contributed by atoms with Crippen molar-refractivity contribution in [3.05, 3.63) is 35.4 Å². The van der Waals surface area contributed by atoms with E-state index in [4.69, 9.17) is 0 Å². The number of benzene rings is 1. The molecular formula is C14H20O2. The van der Waals surface area contributed by atoms with Crippen LogP contribution in [-0.4, -0.2) is 17.0 Å². The van der Waals surface area contributed by atoms with Crippen LogP contribution in [0.4, 0.5) is 0 Å². The second-order valence-corrected chi connectivity index (χ2v) is 4.46. The molecule has 2 heteroatoms. The number of aliphatic hydroxyl groups is 1. The van der Waals surface area contributed by atoms with Crippen LogP contribution in [0.15, 0.2) is 24.3 Å². The van der Waals surface area contributed by atoms with E-state index in [1.807, 2.05) is 31.2 Å². The number of Topliss-reactive ketones (excluding diaryl/α,β-unsaturated/α-hetero) is 1. The Kier molecular flexibility index (Phi) is 4.69. The summed E-state index contributed by atoms with van der Waals surface area (Å²) in [6, 6.07) is 8.03. The molecule has 1 atom stereocenters. The zero-order chi connectivity index (χ0) is 12.1. The van der Waals surface area contributed by atoms with Crippen LogP contribution >= 0.6 is 0 Å². The highest BCUT2D eigenvalue weighted by Gasteiger charge is 2.12. The maximum atomic E-state index is 11.5. The first-order chi connectivity index (χ1) is 7.54. The lowest BCUT2D eigenvalue weighted by Crippen LogP contribution is -2.21. The van der Waals surface area contributed by atoms with Crippen molar-refractivity contribution in [3.8, 4) is 0 Å². The van der Waals surface area contributed by atoms with Gasteiger partial charge in [0.25, 0.3) is 0 Å². The molecule has 1 rings (SSSR count). The summed E-state index contributed by atoms with van der Waals surface area (Å²) < 4.78 is 0. The molecule has 0 aliphatic rings. The van der Waals surface area contributed by atoms with Crippen molar-refractivity contribution in [2.45, 2.75) is 45.6 Å². The molecule has 0 aliphatic carbocycles. The van der Waals surface area contributed by atoms with E-state index < -0.39 is 6.10 Å². The monoisotopic (exact) mass is 220 g/mol. The second-order valence-electron chi connectivity index (χ2n) is 4.46. The molecule has 1 aromatic rings. The van der Waals surface area contributed by atoms with Gasteiger partial charge >= 0.3 is 0 Å². The Balaban J connectivity index is 2.65. The molecule has 0 saturated heterocycles. The summed E-state index contributed by atoms with van der Waals surface area (Å²) in [4.78, 5) is 11.5. The third-order valence-corrected chi connectivity index (χ3v) is 2.78. The number of ketones is 1. The Morgan fingerprint density at radius 2 is 1.81 bits per heavy atom. The van der Waals surface area contributed by atoms with Crippen LogP contribution in [0.3, 0.4) is 0 Å². The van der Waals surface area contributed by atoms with E-state index in [1.54, 1.807) is 0 Å². The highest BCUT2D eigenvalue weighted by atomic mass is 16.3. The van der Waals surface area contributed by atoms with Gasteiger partial charge < -0.3 is 5.11 Å². The lowest BCUT2D eigenvalue weighted by molar-refractivity contribution is -0.126. The van der Waals surface area contributed by atoms with Crippen LogP contribution in [0.2, 0.25) is 0 Å². The Bertz CT molecular complexity index is 338. The molecule has 16 heavy (non-hydrogen) atoms. The summed E-state index contributed by atoms with van der Waals surface area (Å²) >= 11 is 0. The Morgan fingerprint density at radius 1 is 1.25 bits per heavy atom. The lowest BCUT2D eigenvalue weighted by Gasteiger charge is -2.08. The lowest BCUT2D eigenvalue weighted by atomic mass is 9.99. The minimum atomic E-state index is -0.815. The van der Waals surface area contributed by atoms with Crippen molar-refractivity contribution < 1.29 is 9.90 Å². The molecule has 0 spiro atoms. The van der Waals surface area contributed by atoms with Crippen molar-refractivity contribution >= 4 is 5.78 Å². The van der Waals surface area contributed by atoms with E-state index in [9.17, 15) is 9.90 Å². The zero-order valence-corrected chi connectivity index (χ0v) is 10.2. The van der Waals surface area contributed by atoms with Gasteiger partial charge in [-0.05, 0) is 23.5 Å². The second kappa shape index (κ2) is 5.80. The summed E-state index contributed by atoms with van der Waals surface area (Å²) in [5.41, 5.74) is 2.24. The van der Waals surface area contributed by atoms with Crippen molar-refractivity contribution in [3.63, 3.8) is 0 Å². The molecular weight excluding hydrogens is 200 g/mol. The van der Waals surface area contributed by atoms with Gasteiger partial charge in [0.2, 0.25) is 0 Å². The highest BCUT2D eigenvalue weighted by molar-refractivity contribution is 5.84. The molecule has 88 valence electrons. The summed E-state index contributed by atoms with van der Waals surface area (Å²) in [5, 5.41) is 9.38. The van der Waals surface area contributed by atoms with E-state index in [0.717, 1.165) is 5.56 Å². The summed E-state index contributed by atoms with van der Waals surface area (Å²) in [6.45, 7) is 6.09. The molecule has 0 aromatic heterocycles. The van der Waals surface area contributed by atoms with Gasteiger partial charge in [0.05, 0.1) is 0 Å². The van der Waals surface area contributed by atoms with Crippen molar-refractivity contribution in [2.75, 3.05) is 0 Å². The first-order valence-corrected chi connectivity index (χ1v) is 5.84. The summed E-state index contributed by atoms with van der Waals surface area (Å²) in [5.74, 6) is 0.408. The third kappa shape index (κ3) is 3.46. The zero-order valence-electron chi connectivity index (χ0n) is 10.2. The number of carbonyl (C=O) groups is 1. The van der Waals surface area contributed by atoms with Crippen LogP contribution in [0.5, 0.6) is 0 Å². The molecule has 0 bridgehead atoms. The molecule has 0 aliphatic heterocycles. The van der Waals surface area contributed by atoms with E-state index in [0.29, 0.717) is 18.8 Å². The number of rotatable bonds is 5. The first kappa shape index (κ1) is 12.9. The standard InChI is InChI=1S/C14H20O2/c1-4-13(15)14(16)9-11-5-7-12(8-6-11)10(2)3/h5-8,10,13,15H,4,9H2,1-3H3. The van der Waals surface area contributed by atoms with Crippen LogP contribution < -0.4 is 0 Å². The molecule has 2 nitrogen and oxygen atoms in total. The molecule has 1 N–H and O–H groups in total. The SMILES string of the molecule is CCC(O)C(=O)Cc1ccc(C(C)C)cc1. The van der Waals surface area contributed by atoms with Gasteiger partial charge in [0.1, 0.15) is 6.10 Å². The number of hydrogen-bond donors (Lipinski definition) is 1. The van der Waals surface area contributed by atoms with Gasteiger partial charge in [-0.1, -0.05) is 45.0 Å². The van der Waals surface area contributed by atoms with Gasteiger partial charge in [0.15, 0.2) is 5.78 Å². The number of aliphatic hydroxyl groups excluding tert-OH is 1. The molecule has 1 unspecified atom stereocenters. The molecule has 1 aromatic carbocycles. The fourth-order valence-electron chi connectivity index (χ4n) is 1.57. The van der Waals surface area contributed by atoms with Crippen LogP contribution in [0, 0.1) is 0 Å². The van der Waals surface area contributed by atoms with Crippen LogP contribution in [-0.2, 0) is 11.2 Å². The van der Waals surface area contributed by atoms with Crippen LogP contribution in [0.25, 0.3) is 0 Å². The minimum absolute atomic E-state index is 0.0974. The van der Waals surface area contributed by atoms with Crippen molar-refractivity contribution in [2.24, 2.45) is 0 Å². The predicted octanol–water partition coefficient (Wildman–Crippen LogP) is 2.69. The highest BCUT2D eigenvalue weighted by Crippen LogP contribution is 2.15. The van der Waals surface area contributed by atoms with E-state index in [-0.39, 0.29) is 5.78 Å². The average molecular weight is 220 g/mol. The third-order valence-electron chi connectivity index (χ3n) is 2.78. The fourth-order valence-corrected chi connectivity index (χ4v) is 1.57. The molecule has 0 radical (unpaired) electrons.